The SMILES string of the molecule is Cc1cccc(-n2c(SCC(=O)N3CCCC[C@H]3C)nc3ccccc3c2=O)c1C. The number of fused-ring (bicyclic) bond motifs is 1. The second-order valence-corrected chi connectivity index (χ2v) is 8.93. The van der Waals surface area contributed by atoms with Gasteiger partial charge in [-0.3, -0.25) is 14.2 Å². The van der Waals surface area contributed by atoms with Crippen molar-refractivity contribution in [1.29, 1.82) is 0 Å². The molecule has 1 aromatic heterocycles. The number of thioether (sulfide) groups is 1. The summed E-state index contributed by atoms with van der Waals surface area (Å²) >= 11 is 1.35. The fourth-order valence-electron chi connectivity index (χ4n) is 4.08. The molecule has 2 heterocycles. The summed E-state index contributed by atoms with van der Waals surface area (Å²) in [6.45, 7) is 6.98. The van der Waals surface area contributed by atoms with Gasteiger partial charge in [0.1, 0.15) is 0 Å². The Morgan fingerprint density at radius 2 is 1.93 bits per heavy atom. The number of carbonyl (C=O) groups is 1. The highest BCUT2D eigenvalue weighted by atomic mass is 32.2. The lowest BCUT2D eigenvalue weighted by molar-refractivity contribution is -0.131. The topological polar surface area (TPSA) is 55.2 Å². The van der Waals surface area contributed by atoms with E-state index in [0.29, 0.717) is 16.1 Å². The molecule has 6 heteroatoms. The Labute approximate surface area is 181 Å². The van der Waals surface area contributed by atoms with Gasteiger partial charge in [0.15, 0.2) is 5.16 Å². The van der Waals surface area contributed by atoms with E-state index < -0.39 is 0 Å². The molecule has 5 nitrogen and oxygen atoms in total. The second-order valence-electron chi connectivity index (χ2n) is 7.99. The third-order valence-corrected chi connectivity index (χ3v) is 6.93. The van der Waals surface area contributed by atoms with Gasteiger partial charge in [0, 0.05) is 12.6 Å². The normalized spacial score (nSPS) is 16.8. The number of hydrogen-bond acceptors (Lipinski definition) is 4. The Hall–Kier alpha value is -2.60. The van der Waals surface area contributed by atoms with Gasteiger partial charge < -0.3 is 4.90 Å². The lowest BCUT2D eigenvalue weighted by atomic mass is 10.0. The molecule has 3 aromatic rings. The molecule has 4 rings (SSSR count). The summed E-state index contributed by atoms with van der Waals surface area (Å²) < 4.78 is 1.67. The first kappa shape index (κ1) is 20.7. The van der Waals surface area contributed by atoms with Crippen LogP contribution < -0.4 is 5.56 Å². The van der Waals surface area contributed by atoms with Gasteiger partial charge in [-0.2, -0.15) is 0 Å². The van der Waals surface area contributed by atoms with E-state index in [1.165, 1.54) is 18.2 Å². The molecule has 1 fully saturated rings. The molecule has 1 aliphatic heterocycles. The van der Waals surface area contributed by atoms with Crippen LogP contribution in [0.25, 0.3) is 16.6 Å². The van der Waals surface area contributed by atoms with Gasteiger partial charge in [0.2, 0.25) is 5.91 Å². The fraction of sp³-hybridized carbons (Fsp3) is 0.375. The maximum absolute atomic E-state index is 13.4. The molecule has 1 amide bonds. The molecule has 0 bridgehead atoms. The molecule has 0 aliphatic carbocycles. The Balaban J connectivity index is 1.75. The monoisotopic (exact) mass is 421 g/mol. The van der Waals surface area contributed by atoms with E-state index in [0.717, 1.165) is 36.2 Å². The van der Waals surface area contributed by atoms with Crippen LogP contribution in [0.15, 0.2) is 52.4 Å². The standard InChI is InChI=1S/C24H27N3O2S/c1-16-9-8-13-21(18(16)3)27-23(29)19-11-4-5-12-20(19)25-24(27)30-15-22(28)26-14-7-6-10-17(26)2/h4-5,8-9,11-13,17H,6-7,10,14-15H2,1-3H3/t17-/m1/s1. The van der Waals surface area contributed by atoms with Gasteiger partial charge in [0.05, 0.1) is 22.3 Å². The average Bonchev–Trinajstić information content (AvgIpc) is 2.75. The quantitative estimate of drug-likeness (QED) is 0.460. The van der Waals surface area contributed by atoms with Crippen molar-refractivity contribution in [3.8, 4) is 5.69 Å². The highest BCUT2D eigenvalue weighted by Crippen LogP contribution is 2.26. The largest absolute Gasteiger partial charge is 0.339 e. The molecule has 0 saturated carbocycles. The summed E-state index contributed by atoms with van der Waals surface area (Å²) in [5.41, 5.74) is 3.52. The van der Waals surface area contributed by atoms with E-state index >= 15 is 0 Å². The number of amides is 1. The Morgan fingerprint density at radius 1 is 1.13 bits per heavy atom. The summed E-state index contributed by atoms with van der Waals surface area (Å²) in [5.74, 6) is 0.391. The number of nitrogens with zero attached hydrogens (tertiary/aromatic N) is 3. The number of para-hydroxylation sites is 1. The Kier molecular flexibility index (Phi) is 5.95. The fourth-order valence-corrected chi connectivity index (χ4v) is 4.97. The van der Waals surface area contributed by atoms with Gasteiger partial charge in [-0.25, -0.2) is 4.98 Å². The number of aromatic nitrogens is 2. The summed E-state index contributed by atoms with van der Waals surface area (Å²) in [6, 6.07) is 13.6. The molecule has 0 N–H and O–H groups in total. The van der Waals surface area contributed by atoms with Gasteiger partial charge in [-0.1, -0.05) is 36.0 Å². The Morgan fingerprint density at radius 3 is 2.73 bits per heavy atom. The zero-order valence-electron chi connectivity index (χ0n) is 17.7. The van der Waals surface area contributed by atoms with Crippen LogP contribution in [0.5, 0.6) is 0 Å². The number of hydrogen-bond donors (Lipinski definition) is 0. The summed E-state index contributed by atoms with van der Waals surface area (Å²) in [5, 5.41) is 1.14. The van der Waals surface area contributed by atoms with Crippen LogP contribution in [-0.2, 0) is 4.79 Å². The van der Waals surface area contributed by atoms with E-state index in [1.54, 1.807) is 10.6 Å². The molecule has 2 aromatic carbocycles. The summed E-state index contributed by atoms with van der Waals surface area (Å²) in [4.78, 5) is 33.1. The smallest absolute Gasteiger partial charge is 0.266 e. The first-order valence-corrected chi connectivity index (χ1v) is 11.5. The first-order valence-electron chi connectivity index (χ1n) is 10.5. The molecular formula is C24H27N3O2S. The number of rotatable bonds is 4. The van der Waals surface area contributed by atoms with Crippen LogP contribution in [0, 0.1) is 13.8 Å². The molecule has 0 radical (unpaired) electrons. The molecular weight excluding hydrogens is 394 g/mol. The summed E-state index contributed by atoms with van der Waals surface area (Å²) in [7, 11) is 0. The number of benzene rings is 2. The van der Waals surface area contributed by atoms with Crippen molar-refractivity contribution < 1.29 is 4.79 Å². The highest BCUT2D eigenvalue weighted by Gasteiger charge is 2.24. The number of likely N-dealkylation sites (tertiary alicyclic amines) is 1. The minimum atomic E-state index is -0.101. The van der Waals surface area contributed by atoms with Crippen molar-refractivity contribution in [2.75, 3.05) is 12.3 Å². The molecule has 30 heavy (non-hydrogen) atoms. The minimum absolute atomic E-state index is 0.101. The number of aryl methyl sites for hydroxylation is 1. The van der Waals surface area contributed by atoms with Crippen molar-refractivity contribution in [3.63, 3.8) is 0 Å². The van der Waals surface area contributed by atoms with Crippen molar-refractivity contribution >= 4 is 28.6 Å². The van der Waals surface area contributed by atoms with Crippen LogP contribution in [0.3, 0.4) is 0 Å². The van der Waals surface area contributed by atoms with Crippen molar-refractivity contribution in [2.45, 2.75) is 51.2 Å². The third kappa shape index (κ3) is 3.88. The molecule has 1 aliphatic rings. The highest BCUT2D eigenvalue weighted by molar-refractivity contribution is 7.99. The van der Waals surface area contributed by atoms with E-state index in [9.17, 15) is 9.59 Å². The van der Waals surface area contributed by atoms with Crippen LogP contribution in [0.1, 0.15) is 37.3 Å². The van der Waals surface area contributed by atoms with Crippen LogP contribution in [-0.4, -0.2) is 38.7 Å². The molecule has 156 valence electrons. The Bertz CT molecular complexity index is 1150. The van der Waals surface area contributed by atoms with E-state index in [2.05, 4.69) is 6.92 Å². The van der Waals surface area contributed by atoms with Gasteiger partial charge in [0.25, 0.3) is 5.56 Å². The third-order valence-electron chi connectivity index (χ3n) is 6.01. The number of carbonyl (C=O) groups excluding carboxylic acids is 1. The maximum Gasteiger partial charge on any atom is 0.266 e. The van der Waals surface area contributed by atoms with Crippen molar-refractivity contribution in [3.05, 3.63) is 63.9 Å². The van der Waals surface area contributed by atoms with Gasteiger partial charge in [-0.05, 0) is 69.4 Å². The zero-order chi connectivity index (χ0) is 21.3. The predicted octanol–water partition coefficient (Wildman–Crippen LogP) is 4.50. The lowest BCUT2D eigenvalue weighted by Crippen LogP contribution is -2.43. The van der Waals surface area contributed by atoms with Crippen LogP contribution in [0.2, 0.25) is 0 Å². The van der Waals surface area contributed by atoms with Crippen LogP contribution >= 0.6 is 11.8 Å². The first-order chi connectivity index (χ1) is 14.5. The van der Waals surface area contributed by atoms with Crippen LogP contribution in [0.4, 0.5) is 0 Å². The maximum atomic E-state index is 13.4. The minimum Gasteiger partial charge on any atom is -0.339 e. The lowest BCUT2D eigenvalue weighted by Gasteiger charge is -2.33. The van der Waals surface area contributed by atoms with E-state index in [1.807, 2.05) is 55.1 Å². The summed E-state index contributed by atoms with van der Waals surface area (Å²) in [6.07, 6.45) is 3.29. The molecule has 0 unspecified atom stereocenters. The van der Waals surface area contributed by atoms with E-state index in [-0.39, 0.29) is 23.3 Å². The van der Waals surface area contributed by atoms with Crippen molar-refractivity contribution in [1.82, 2.24) is 14.5 Å². The van der Waals surface area contributed by atoms with Crippen molar-refractivity contribution in [2.24, 2.45) is 0 Å². The molecule has 0 spiro atoms. The van der Waals surface area contributed by atoms with E-state index in [4.69, 9.17) is 4.98 Å². The van der Waals surface area contributed by atoms with Gasteiger partial charge >= 0.3 is 0 Å². The van der Waals surface area contributed by atoms with Gasteiger partial charge in [-0.15, -0.1) is 0 Å². The zero-order valence-corrected chi connectivity index (χ0v) is 18.5. The second kappa shape index (κ2) is 8.64. The molecule has 1 saturated heterocycles. The average molecular weight is 422 g/mol. The molecule has 1 atom stereocenters. The number of piperidine rings is 1. The predicted molar refractivity (Wildman–Crippen MR) is 123 cm³/mol.